The molecule has 2 N–H and O–H groups in total. The van der Waals surface area contributed by atoms with Crippen LogP contribution >= 0.6 is 11.3 Å². The predicted octanol–water partition coefficient (Wildman–Crippen LogP) is 0.385. The van der Waals surface area contributed by atoms with Gasteiger partial charge >= 0.3 is 5.97 Å². The molecule has 19 heavy (non-hydrogen) atoms. The summed E-state index contributed by atoms with van der Waals surface area (Å²) in [7, 11) is -2.51. The molecular weight excluding hydrogens is 292 g/mol. The van der Waals surface area contributed by atoms with Gasteiger partial charge in [-0.25, -0.2) is 18.2 Å². The normalized spacial score (nSPS) is 11.9. The lowest BCUT2D eigenvalue weighted by atomic mass is 10.4. The Balaban J connectivity index is 2.31. The fraction of sp³-hybridized carbons (Fsp3) is 0.222. The van der Waals surface area contributed by atoms with Crippen LogP contribution in [-0.4, -0.2) is 46.0 Å². The Hall–Kier alpha value is -1.78. The molecule has 0 bridgehead atoms. The van der Waals surface area contributed by atoms with Crippen LogP contribution in [0.1, 0.15) is 16.1 Å². The second kappa shape index (κ2) is 5.07. The minimum absolute atomic E-state index is 0.0930. The molecule has 102 valence electrons. The lowest BCUT2D eigenvalue weighted by Gasteiger charge is -2.15. The van der Waals surface area contributed by atoms with Crippen molar-refractivity contribution in [1.82, 2.24) is 19.5 Å². The average Bonchev–Trinajstić information content (AvgIpc) is 2.98. The average molecular weight is 302 g/mol. The second-order valence-corrected chi connectivity index (χ2v) is 6.76. The number of carbonyl (C=O) groups is 1. The molecule has 0 aliphatic carbocycles. The molecule has 0 radical (unpaired) electrons. The zero-order chi connectivity index (χ0) is 14.0. The van der Waals surface area contributed by atoms with Crippen LogP contribution in [0.25, 0.3) is 0 Å². The number of nitrogens with zero attached hydrogens (tertiary/aromatic N) is 3. The second-order valence-electron chi connectivity index (χ2n) is 3.66. The summed E-state index contributed by atoms with van der Waals surface area (Å²) in [4.78, 5) is 14.5. The van der Waals surface area contributed by atoms with Gasteiger partial charge in [0.25, 0.3) is 10.0 Å². The van der Waals surface area contributed by atoms with Crippen LogP contribution in [0.5, 0.6) is 0 Å². The van der Waals surface area contributed by atoms with Gasteiger partial charge in [0.1, 0.15) is 0 Å². The van der Waals surface area contributed by atoms with Gasteiger partial charge < -0.3 is 5.11 Å². The number of thiazole rings is 1. The first kappa shape index (κ1) is 13.6. The Morgan fingerprint density at radius 2 is 2.32 bits per heavy atom. The summed E-state index contributed by atoms with van der Waals surface area (Å²) < 4.78 is 25.3. The van der Waals surface area contributed by atoms with E-state index in [2.05, 4.69) is 15.2 Å². The lowest BCUT2D eigenvalue weighted by Crippen LogP contribution is -2.27. The number of aromatic carboxylic acids is 1. The van der Waals surface area contributed by atoms with Crippen LogP contribution in [0.2, 0.25) is 0 Å². The standard InChI is InChI=1S/C9H10N4O4S2/c1-13(4-6-2-11-12-3-6)19(16,17)9-7(8(14)15)10-5-18-9/h2-3,5H,4H2,1H3,(H,11,12)(H,14,15). The van der Waals surface area contributed by atoms with Crippen molar-refractivity contribution in [2.45, 2.75) is 10.8 Å². The number of rotatable bonds is 5. The van der Waals surface area contributed by atoms with Gasteiger partial charge in [-0.1, -0.05) is 0 Å². The van der Waals surface area contributed by atoms with Crippen molar-refractivity contribution in [1.29, 1.82) is 0 Å². The van der Waals surface area contributed by atoms with Gasteiger partial charge in [0.05, 0.1) is 11.7 Å². The fourth-order valence-corrected chi connectivity index (χ4v) is 3.90. The molecular formula is C9H10N4O4S2. The first-order chi connectivity index (χ1) is 8.93. The molecule has 0 amide bonds. The van der Waals surface area contributed by atoms with E-state index in [4.69, 9.17) is 5.11 Å². The van der Waals surface area contributed by atoms with Crippen molar-refractivity contribution in [3.63, 3.8) is 0 Å². The minimum Gasteiger partial charge on any atom is -0.476 e. The molecule has 8 nitrogen and oxygen atoms in total. The molecule has 10 heteroatoms. The Morgan fingerprint density at radius 3 is 2.89 bits per heavy atom. The van der Waals surface area contributed by atoms with Gasteiger partial charge in [0, 0.05) is 25.4 Å². The largest absolute Gasteiger partial charge is 0.476 e. The SMILES string of the molecule is CN(Cc1cn[nH]c1)S(=O)(=O)c1scnc1C(=O)O. The summed E-state index contributed by atoms with van der Waals surface area (Å²) in [6.45, 7) is 0.0930. The van der Waals surface area contributed by atoms with Crippen molar-refractivity contribution in [2.24, 2.45) is 0 Å². The van der Waals surface area contributed by atoms with Crippen molar-refractivity contribution in [2.75, 3.05) is 7.05 Å². The highest BCUT2D eigenvalue weighted by molar-refractivity contribution is 7.91. The molecule has 0 aromatic carbocycles. The third-order valence-electron chi connectivity index (χ3n) is 2.34. The molecule has 0 spiro atoms. The van der Waals surface area contributed by atoms with Crippen LogP contribution in [0, 0.1) is 0 Å². The molecule has 2 heterocycles. The van der Waals surface area contributed by atoms with Crippen molar-refractivity contribution >= 4 is 27.3 Å². The quantitative estimate of drug-likeness (QED) is 0.825. The molecule has 0 aliphatic heterocycles. The van der Waals surface area contributed by atoms with Crippen LogP contribution in [0.3, 0.4) is 0 Å². The topological polar surface area (TPSA) is 116 Å². The van der Waals surface area contributed by atoms with Gasteiger partial charge in [-0.05, 0) is 0 Å². The third-order valence-corrected chi connectivity index (χ3v) is 5.49. The van der Waals surface area contributed by atoms with Crippen LogP contribution in [0.15, 0.2) is 22.1 Å². The number of aromatic nitrogens is 3. The van der Waals surface area contributed by atoms with E-state index in [1.165, 1.54) is 18.8 Å². The number of hydrogen-bond donors (Lipinski definition) is 2. The number of aromatic amines is 1. The summed E-state index contributed by atoms with van der Waals surface area (Å²) in [6.07, 6.45) is 3.06. The molecule has 0 atom stereocenters. The van der Waals surface area contributed by atoms with E-state index in [0.29, 0.717) is 5.56 Å². The first-order valence-corrected chi connectivity index (χ1v) is 7.35. The molecule has 0 aliphatic rings. The summed E-state index contributed by atoms with van der Waals surface area (Å²) in [6, 6.07) is 0. The highest BCUT2D eigenvalue weighted by atomic mass is 32.2. The van der Waals surface area contributed by atoms with Gasteiger partial charge in [-0.15, -0.1) is 11.3 Å². The first-order valence-electron chi connectivity index (χ1n) is 5.03. The van der Waals surface area contributed by atoms with Gasteiger partial charge in [0.2, 0.25) is 0 Å². The summed E-state index contributed by atoms with van der Waals surface area (Å²) in [5, 5.41) is 15.2. The minimum atomic E-state index is -3.88. The van der Waals surface area contributed by atoms with Crippen molar-refractivity contribution in [3.8, 4) is 0 Å². The maximum atomic E-state index is 12.2. The Kier molecular flexibility index (Phi) is 3.64. The van der Waals surface area contributed by atoms with Crippen LogP contribution in [0.4, 0.5) is 0 Å². The summed E-state index contributed by atoms with van der Waals surface area (Å²) in [5.74, 6) is -1.36. The smallest absolute Gasteiger partial charge is 0.356 e. The fourth-order valence-electron chi connectivity index (χ4n) is 1.41. The van der Waals surface area contributed by atoms with Crippen LogP contribution in [-0.2, 0) is 16.6 Å². The monoisotopic (exact) mass is 302 g/mol. The van der Waals surface area contributed by atoms with Crippen LogP contribution < -0.4 is 0 Å². The molecule has 2 aromatic rings. The molecule has 0 saturated heterocycles. The van der Waals surface area contributed by atoms with E-state index in [0.717, 1.165) is 15.6 Å². The van der Waals surface area contributed by atoms with E-state index < -0.39 is 21.7 Å². The zero-order valence-electron chi connectivity index (χ0n) is 9.77. The molecule has 0 unspecified atom stereocenters. The number of hydrogen-bond acceptors (Lipinski definition) is 6. The molecule has 2 rings (SSSR count). The molecule has 0 fully saturated rings. The highest BCUT2D eigenvalue weighted by Crippen LogP contribution is 2.24. The van der Waals surface area contributed by atoms with Crippen molar-refractivity contribution < 1.29 is 18.3 Å². The number of sulfonamides is 1. The Morgan fingerprint density at radius 1 is 1.58 bits per heavy atom. The maximum absolute atomic E-state index is 12.2. The van der Waals surface area contributed by atoms with Gasteiger partial charge in [-0.3, -0.25) is 5.10 Å². The van der Waals surface area contributed by atoms with E-state index in [1.807, 2.05) is 0 Å². The Bertz CT molecular complexity index is 677. The number of carboxylic acids is 1. The van der Waals surface area contributed by atoms with E-state index >= 15 is 0 Å². The van der Waals surface area contributed by atoms with Gasteiger partial charge in [-0.2, -0.15) is 9.40 Å². The number of H-pyrrole nitrogens is 1. The van der Waals surface area contributed by atoms with E-state index in [-0.39, 0.29) is 10.8 Å². The predicted molar refractivity (Wildman–Crippen MR) is 66.3 cm³/mol. The zero-order valence-corrected chi connectivity index (χ0v) is 11.4. The number of nitrogens with one attached hydrogen (secondary N) is 1. The maximum Gasteiger partial charge on any atom is 0.356 e. The third kappa shape index (κ3) is 2.64. The summed E-state index contributed by atoms with van der Waals surface area (Å²) >= 11 is 0.781. The summed E-state index contributed by atoms with van der Waals surface area (Å²) in [5.41, 5.74) is 1.42. The van der Waals surface area contributed by atoms with E-state index in [9.17, 15) is 13.2 Å². The van der Waals surface area contributed by atoms with E-state index in [1.54, 1.807) is 6.20 Å². The van der Waals surface area contributed by atoms with Crippen molar-refractivity contribution in [3.05, 3.63) is 29.2 Å². The van der Waals surface area contributed by atoms with Gasteiger partial charge in [0.15, 0.2) is 9.90 Å². The molecule has 2 aromatic heterocycles. The molecule has 0 saturated carbocycles. The Labute approximate surface area is 112 Å². The number of carboxylic acid groups (broad SMARTS) is 1. The lowest BCUT2D eigenvalue weighted by molar-refractivity contribution is 0.0687. The highest BCUT2D eigenvalue weighted by Gasteiger charge is 2.29.